The first-order chi connectivity index (χ1) is 10.3. The first-order valence-electron chi connectivity index (χ1n) is 6.59. The predicted molar refractivity (Wildman–Crippen MR) is 82.9 cm³/mol. The lowest BCUT2D eigenvalue weighted by Crippen LogP contribution is -2.26. The molecule has 1 aromatic carbocycles. The van der Waals surface area contributed by atoms with Gasteiger partial charge in [0.15, 0.2) is 5.89 Å². The van der Waals surface area contributed by atoms with Crippen LogP contribution in [0.3, 0.4) is 0 Å². The third-order valence-corrected chi connectivity index (χ3v) is 4.78. The number of hydrogen-bond donors (Lipinski definition) is 1. The van der Waals surface area contributed by atoms with Crippen molar-refractivity contribution >= 4 is 21.6 Å². The van der Waals surface area contributed by atoms with E-state index in [0.717, 1.165) is 5.69 Å². The molecule has 1 heterocycles. The zero-order valence-corrected chi connectivity index (χ0v) is 14.1. The van der Waals surface area contributed by atoms with Gasteiger partial charge in [-0.1, -0.05) is 11.6 Å². The molecule has 0 aliphatic carbocycles. The molecule has 0 atom stereocenters. The van der Waals surface area contributed by atoms with Gasteiger partial charge in [0.1, 0.15) is 16.4 Å². The van der Waals surface area contributed by atoms with E-state index >= 15 is 0 Å². The lowest BCUT2D eigenvalue weighted by molar-refractivity contribution is 0.402. The van der Waals surface area contributed by atoms with Crippen LogP contribution >= 0.6 is 11.6 Å². The summed E-state index contributed by atoms with van der Waals surface area (Å²) < 4.78 is 37.7. The number of ether oxygens (including phenoxy) is 1. The molecule has 0 saturated heterocycles. The molecule has 2 aromatic rings. The molecule has 1 N–H and O–H groups in total. The zero-order chi connectivity index (χ0) is 16.3. The van der Waals surface area contributed by atoms with Crippen LogP contribution in [0.2, 0.25) is 5.02 Å². The van der Waals surface area contributed by atoms with Crippen LogP contribution in [0.15, 0.2) is 27.5 Å². The minimum atomic E-state index is -3.72. The Kier molecular flexibility index (Phi) is 5.10. The fourth-order valence-electron chi connectivity index (χ4n) is 2.04. The quantitative estimate of drug-likeness (QED) is 0.870. The molecular weight excluding hydrogens is 328 g/mol. The van der Waals surface area contributed by atoms with Crippen LogP contribution in [0.5, 0.6) is 5.75 Å². The van der Waals surface area contributed by atoms with E-state index in [-0.39, 0.29) is 17.2 Å². The number of rotatable bonds is 6. The molecule has 0 fully saturated rings. The van der Waals surface area contributed by atoms with Gasteiger partial charge in [-0.15, -0.1) is 0 Å². The normalized spacial score (nSPS) is 11.6. The van der Waals surface area contributed by atoms with Gasteiger partial charge in [-0.05, 0) is 25.1 Å². The number of nitrogens with one attached hydrogen (secondary N) is 1. The van der Waals surface area contributed by atoms with E-state index in [2.05, 4.69) is 9.71 Å². The van der Waals surface area contributed by atoms with Gasteiger partial charge < -0.3 is 9.15 Å². The Balaban J connectivity index is 2.11. The summed E-state index contributed by atoms with van der Waals surface area (Å²) in [6, 6.07) is 4.44. The Morgan fingerprint density at radius 2 is 2.09 bits per heavy atom. The second-order valence-electron chi connectivity index (χ2n) is 4.68. The summed E-state index contributed by atoms with van der Waals surface area (Å²) in [6.45, 7) is 3.76. The highest BCUT2D eigenvalue weighted by molar-refractivity contribution is 7.89. The number of aromatic nitrogens is 1. The van der Waals surface area contributed by atoms with E-state index in [0.29, 0.717) is 23.1 Å². The molecule has 0 spiro atoms. The van der Waals surface area contributed by atoms with Gasteiger partial charge >= 0.3 is 0 Å². The van der Waals surface area contributed by atoms with Crippen molar-refractivity contribution < 1.29 is 17.6 Å². The largest absolute Gasteiger partial charge is 0.495 e. The molecule has 0 amide bonds. The van der Waals surface area contributed by atoms with Crippen molar-refractivity contribution in [1.82, 2.24) is 9.71 Å². The summed E-state index contributed by atoms with van der Waals surface area (Å²) in [5.41, 5.74) is 0.761. The second kappa shape index (κ2) is 6.68. The van der Waals surface area contributed by atoms with Crippen LogP contribution in [0.1, 0.15) is 17.3 Å². The molecule has 0 radical (unpaired) electrons. The van der Waals surface area contributed by atoms with Gasteiger partial charge in [-0.2, -0.15) is 0 Å². The van der Waals surface area contributed by atoms with Crippen molar-refractivity contribution in [1.29, 1.82) is 0 Å². The Morgan fingerprint density at radius 3 is 2.68 bits per heavy atom. The van der Waals surface area contributed by atoms with Crippen LogP contribution in [-0.2, 0) is 16.4 Å². The summed E-state index contributed by atoms with van der Waals surface area (Å²) in [4.78, 5) is 4.15. The number of methoxy groups -OCH3 is 1. The van der Waals surface area contributed by atoms with Crippen molar-refractivity contribution in [3.8, 4) is 5.75 Å². The molecule has 2 rings (SSSR count). The highest BCUT2D eigenvalue weighted by Crippen LogP contribution is 2.26. The van der Waals surface area contributed by atoms with Gasteiger partial charge in [0.05, 0.1) is 12.8 Å². The maximum atomic E-state index is 12.3. The zero-order valence-electron chi connectivity index (χ0n) is 12.5. The molecule has 0 unspecified atom stereocenters. The molecule has 6 nitrogen and oxygen atoms in total. The smallest absolute Gasteiger partial charge is 0.244 e. The number of oxazole rings is 1. The number of nitrogens with zero attached hydrogens (tertiary/aromatic N) is 1. The number of benzene rings is 1. The highest BCUT2D eigenvalue weighted by atomic mass is 35.5. The van der Waals surface area contributed by atoms with Gasteiger partial charge in [-0.3, -0.25) is 0 Å². The van der Waals surface area contributed by atoms with E-state index in [1.165, 1.54) is 19.2 Å². The third kappa shape index (κ3) is 3.79. The molecule has 0 bridgehead atoms. The van der Waals surface area contributed by atoms with E-state index in [4.69, 9.17) is 20.8 Å². The SMILES string of the molecule is COc1ccc(Cl)cc1S(=O)(=O)NCCc1oc(C)nc1C. The number of aryl methyl sites for hydroxylation is 2. The Labute approximate surface area is 134 Å². The van der Waals surface area contributed by atoms with Gasteiger partial charge in [0.25, 0.3) is 0 Å². The predicted octanol–water partition coefficient (Wildman–Crippen LogP) is 2.47. The van der Waals surface area contributed by atoms with Gasteiger partial charge in [0, 0.05) is 24.9 Å². The Morgan fingerprint density at radius 1 is 1.36 bits per heavy atom. The van der Waals surface area contributed by atoms with Crippen LogP contribution in [0, 0.1) is 13.8 Å². The van der Waals surface area contributed by atoms with Crippen LogP contribution in [0.25, 0.3) is 0 Å². The van der Waals surface area contributed by atoms with Crippen LogP contribution in [0.4, 0.5) is 0 Å². The lowest BCUT2D eigenvalue weighted by Gasteiger charge is -2.10. The summed E-state index contributed by atoms with van der Waals surface area (Å²) >= 11 is 5.86. The molecule has 120 valence electrons. The summed E-state index contributed by atoms with van der Waals surface area (Å²) in [5.74, 6) is 1.47. The summed E-state index contributed by atoms with van der Waals surface area (Å²) in [7, 11) is -2.32. The minimum absolute atomic E-state index is 0.00738. The van der Waals surface area contributed by atoms with Crippen molar-refractivity contribution in [2.24, 2.45) is 0 Å². The summed E-state index contributed by atoms with van der Waals surface area (Å²) in [5, 5.41) is 0.322. The average Bonchev–Trinajstić information content (AvgIpc) is 2.77. The molecule has 1 aromatic heterocycles. The molecule has 0 saturated carbocycles. The average molecular weight is 345 g/mol. The Bertz CT molecular complexity index is 771. The van der Waals surface area contributed by atoms with Crippen molar-refractivity contribution in [2.45, 2.75) is 25.2 Å². The number of halogens is 1. The standard InChI is InChI=1S/C14H17ClN2O4S/c1-9-12(21-10(2)17-9)6-7-16-22(18,19)14-8-11(15)4-5-13(14)20-3/h4-5,8,16H,6-7H2,1-3H3. The van der Waals surface area contributed by atoms with Crippen LogP contribution < -0.4 is 9.46 Å². The van der Waals surface area contributed by atoms with Crippen molar-refractivity contribution in [3.05, 3.63) is 40.6 Å². The topological polar surface area (TPSA) is 81.4 Å². The summed E-state index contributed by atoms with van der Waals surface area (Å²) in [6.07, 6.45) is 0.411. The third-order valence-electron chi connectivity index (χ3n) is 3.06. The van der Waals surface area contributed by atoms with E-state index < -0.39 is 10.0 Å². The first-order valence-corrected chi connectivity index (χ1v) is 8.45. The minimum Gasteiger partial charge on any atom is -0.495 e. The molecular formula is C14H17ClN2O4S. The van der Waals surface area contributed by atoms with Crippen LogP contribution in [-0.4, -0.2) is 27.1 Å². The second-order valence-corrected chi connectivity index (χ2v) is 6.86. The van der Waals surface area contributed by atoms with Crippen molar-refractivity contribution in [3.63, 3.8) is 0 Å². The van der Waals surface area contributed by atoms with Gasteiger partial charge in [0.2, 0.25) is 10.0 Å². The monoisotopic (exact) mass is 344 g/mol. The number of hydrogen-bond acceptors (Lipinski definition) is 5. The maximum absolute atomic E-state index is 12.3. The molecule has 0 aliphatic heterocycles. The highest BCUT2D eigenvalue weighted by Gasteiger charge is 2.20. The lowest BCUT2D eigenvalue weighted by atomic mass is 10.3. The molecule has 22 heavy (non-hydrogen) atoms. The van der Waals surface area contributed by atoms with E-state index in [9.17, 15) is 8.42 Å². The van der Waals surface area contributed by atoms with E-state index in [1.807, 2.05) is 6.92 Å². The fourth-order valence-corrected chi connectivity index (χ4v) is 3.50. The van der Waals surface area contributed by atoms with Gasteiger partial charge in [-0.25, -0.2) is 18.1 Å². The number of sulfonamides is 1. The Hall–Kier alpha value is -1.57. The first kappa shape index (κ1) is 16.8. The van der Waals surface area contributed by atoms with E-state index in [1.54, 1.807) is 13.0 Å². The molecule has 8 heteroatoms. The van der Waals surface area contributed by atoms with Crippen molar-refractivity contribution in [2.75, 3.05) is 13.7 Å². The molecule has 0 aliphatic rings. The fraction of sp³-hybridized carbons (Fsp3) is 0.357. The maximum Gasteiger partial charge on any atom is 0.244 e.